The van der Waals surface area contributed by atoms with Gasteiger partial charge in [0.25, 0.3) is 0 Å². The van der Waals surface area contributed by atoms with Crippen LogP contribution in [0.5, 0.6) is 11.5 Å². The Kier molecular flexibility index (Phi) is 7.73. The first-order chi connectivity index (χ1) is 23.9. The van der Waals surface area contributed by atoms with E-state index in [1.807, 2.05) is 49.0 Å². The van der Waals surface area contributed by atoms with E-state index in [1.165, 1.54) is 32.9 Å². The van der Waals surface area contributed by atoms with Crippen molar-refractivity contribution in [1.82, 2.24) is 23.9 Å². The van der Waals surface area contributed by atoms with E-state index < -0.39 is 0 Å². The molecule has 9 rings (SSSR count). The van der Waals surface area contributed by atoms with Crippen LogP contribution in [-0.2, 0) is 21.1 Å². The molecule has 50 heavy (non-hydrogen) atoms. The topological polar surface area (TPSA) is 49.8 Å². The SMILES string of the molecule is Cc1cc(C)n(-c2[c-]c(Oc3[c-]c4c(cc3)c3ccccc3n4-c3nccc(-n4c5c(C)cccc5c5cccc(C)c54)c3C)ccc2)n1.[Pt+2]. The Hall–Kier alpha value is -5.45. The summed E-state index contributed by atoms with van der Waals surface area (Å²) < 4.78 is 13.0. The van der Waals surface area contributed by atoms with Crippen LogP contribution in [0.4, 0.5) is 0 Å². The van der Waals surface area contributed by atoms with Crippen molar-refractivity contribution in [3.8, 4) is 28.7 Å². The monoisotopic (exact) mass is 830 g/mol. The molecule has 9 aromatic rings. The van der Waals surface area contributed by atoms with Gasteiger partial charge < -0.3 is 13.9 Å². The van der Waals surface area contributed by atoms with Gasteiger partial charge in [0.1, 0.15) is 5.82 Å². The van der Waals surface area contributed by atoms with Crippen LogP contribution in [0.2, 0.25) is 0 Å². The van der Waals surface area contributed by atoms with Gasteiger partial charge in [0.15, 0.2) is 0 Å². The summed E-state index contributed by atoms with van der Waals surface area (Å²) in [4.78, 5) is 5.04. The number of hydrogen-bond acceptors (Lipinski definition) is 3. The first kappa shape index (κ1) is 31.8. The zero-order valence-corrected chi connectivity index (χ0v) is 30.6. The summed E-state index contributed by atoms with van der Waals surface area (Å²) in [7, 11) is 0. The molecule has 0 atom stereocenters. The molecule has 0 fully saturated rings. The molecule has 0 amide bonds. The predicted octanol–water partition coefficient (Wildman–Crippen LogP) is 10.4. The maximum absolute atomic E-state index is 6.43. The zero-order valence-electron chi connectivity index (χ0n) is 28.4. The van der Waals surface area contributed by atoms with Crippen molar-refractivity contribution in [2.75, 3.05) is 0 Å². The van der Waals surface area contributed by atoms with Gasteiger partial charge in [-0.2, -0.15) is 17.2 Å². The number of rotatable bonds is 5. The molecule has 7 heteroatoms. The molecule has 0 N–H and O–H groups in total. The minimum absolute atomic E-state index is 0. The molecule has 4 aromatic heterocycles. The van der Waals surface area contributed by atoms with Gasteiger partial charge in [0.05, 0.1) is 22.4 Å². The van der Waals surface area contributed by atoms with Crippen LogP contribution >= 0.6 is 0 Å². The summed E-state index contributed by atoms with van der Waals surface area (Å²) in [6.07, 6.45) is 1.92. The molecule has 0 spiro atoms. The third-order valence-electron chi connectivity index (χ3n) is 9.58. The number of para-hydroxylation sites is 3. The van der Waals surface area contributed by atoms with Crippen molar-refractivity contribution in [3.63, 3.8) is 0 Å². The van der Waals surface area contributed by atoms with Crippen molar-refractivity contribution in [3.05, 3.63) is 150 Å². The van der Waals surface area contributed by atoms with E-state index >= 15 is 0 Å². The average Bonchev–Trinajstić information content (AvgIpc) is 3.74. The van der Waals surface area contributed by atoms with Crippen LogP contribution < -0.4 is 4.74 Å². The Balaban J connectivity index is 0.00000361. The van der Waals surface area contributed by atoms with Gasteiger partial charge in [0, 0.05) is 45.2 Å². The molecule has 0 aliphatic heterocycles. The molecule has 0 bridgehead atoms. The van der Waals surface area contributed by atoms with Gasteiger partial charge in [-0.15, -0.1) is 35.7 Å². The number of aromatic nitrogens is 5. The van der Waals surface area contributed by atoms with Crippen LogP contribution in [0.15, 0.2) is 109 Å². The third kappa shape index (κ3) is 4.89. The number of benzene rings is 5. The number of pyridine rings is 1. The van der Waals surface area contributed by atoms with E-state index in [0.717, 1.165) is 55.9 Å². The third-order valence-corrected chi connectivity index (χ3v) is 9.58. The molecule has 0 aliphatic rings. The van der Waals surface area contributed by atoms with E-state index in [9.17, 15) is 0 Å². The smallest absolute Gasteiger partial charge is 0.509 e. The number of ether oxygens (including phenoxy) is 1. The van der Waals surface area contributed by atoms with Crippen molar-refractivity contribution >= 4 is 43.6 Å². The Morgan fingerprint density at radius 1 is 0.620 bits per heavy atom. The van der Waals surface area contributed by atoms with Gasteiger partial charge in [-0.3, -0.25) is 4.68 Å². The van der Waals surface area contributed by atoms with E-state index in [1.54, 1.807) is 0 Å². The Labute approximate surface area is 304 Å². The molecular formula is C43H33N5OPt. The fraction of sp³-hybridized carbons (Fsp3) is 0.116. The largest absolute Gasteiger partial charge is 2.00 e. The Morgan fingerprint density at radius 2 is 1.30 bits per heavy atom. The van der Waals surface area contributed by atoms with Crippen LogP contribution in [0.3, 0.4) is 0 Å². The summed E-state index contributed by atoms with van der Waals surface area (Å²) in [6.45, 7) is 10.6. The van der Waals surface area contributed by atoms with Gasteiger partial charge in [-0.25, -0.2) is 4.98 Å². The van der Waals surface area contributed by atoms with Crippen LogP contribution in [0.1, 0.15) is 28.1 Å². The summed E-state index contributed by atoms with van der Waals surface area (Å²) in [5.41, 5.74) is 11.9. The first-order valence-corrected chi connectivity index (χ1v) is 16.5. The van der Waals surface area contributed by atoms with E-state index in [0.29, 0.717) is 11.5 Å². The zero-order chi connectivity index (χ0) is 33.4. The average molecular weight is 831 g/mol. The maximum atomic E-state index is 6.43. The molecular weight excluding hydrogens is 798 g/mol. The Bertz CT molecular complexity index is 2710. The van der Waals surface area contributed by atoms with Crippen LogP contribution in [-0.4, -0.2) is 23.9 Å². The van der Waals surface area contributed by atoms with Gasteiger partial charge in [0.2, 0.25) is 0 Å². The standard InChI is InChI=1S/C43H33N5O.Pt/c1-26-11-8-16-36-37-17-9-12-27(2)42(37)47(41(26)36)38-21-22-44-43(30(38)5)46-39-18-7-6-15-34(39)35-20-19-33(25-40(35)46)49-32-14-10-13-31(24-32)48-29(4)23-28(3)45-48;/h6-23H,1-5H3;/q-2;+2. The summed E-state index contributed by atoms with van der Waals surface area (Å²) >= 11 is 0. The van der Waals surface area contributed by atoms with Gasteiger partial charge >= 0.3 is 21.1 Å². The second-order valence-corrected chi connectivity index (χ2v) is 12.8. The Morgan fingerprint density at radius 3 is 2.02 bits per heavy atom. The fourth-order valence-electron chi connectivity index (χ4n) is 7.45. The summed E-state index contributed by atoms with van der Waals surface area (Å²) in [5, 5.41) is 9.34. The van der Waals surface area contributed by atoms with Gasteiger partial charge in [-0.1, -0.05) is 60.1 Å². The molecule has 0 aliphatic carbocycles. The van der Waals surface area contributed by atoms with Crippen LogP contribution in [0, 0.1) is 46.8 Å². The minimum atomic E-state index is 0. The number of aryl methyl sites for hydroxylation is 4. The minimum Gasteiger partial charge on any atom is -0.509 e. The number of nitrogens with zero attached hydrogens (tertiary/aromatic N) is 5. The maximum Gasteiger partial charge on any atom is 2.00 e. The molecule has 0 saturated heterocycles. The summed E-state index contributed by atoms with van der Waals surface area (Å²) in [6, 6.07) is 42.7. The van der Waals surface area contributed by atoms with E-state index in [2.05, 4.69) is 126 Å². The quantitative estimate of drug-likeness (QED) is 0.162. The fourth-order valence-corrected chi connectivity index (χ4v) is 7.45. The first-order valence-electron chi connectivity index (χ1n) is 16.5. The van der Waals surface area contributed by atoms with Crippen LogP contribution in [0.25, 0.3) is 60.8 Å². The molecule has 6 nitrogen and oxygen atoms in total. The molecule has 0 unspecified atom stereocenters. The van der Waals surface area contributed by atoms with E-state index in [4.69, 9.17) is 9.72 Å². The molecule has 0 radical (unpaired) electrons. The normalized spacial score (nSPS) is 11.5. The number of hydrogen-bond donors (Lipinski definition) is 0. The predicted molar refractivity (Wildman–Crippen MR) is 198 cm³/mol. The second-order valence-electron chi connectivity index (χ2n) is 12.8. The van der Waals surface area contributed by atoms with E-state index in [-0.39, 0.29) is 21.1 Å². The molecule has 4 heterocycles. The van der Waals surface area contributed by atoms with Crippen molar-refractivity contribution in [2.24, 2.45) is 0 Å². The van der Waals surface area contributed by atoms with Crippen molar-refractivity contribution in [1.29, 1.82) is 0 Å². The number of fused-ring (bicyclic) bond motifs is 6. The summed E-state index contributed by atoms with van der Waals surface area (Å²) in [5.74, 6) is 2.05. The molecule has 246 valence electrons. The second kappa shape index (κ2) is 12.2. The van der Waals surface area contributed by atoms with Gasteiger partial charge in [-0.05, 0) is 75.0 Å². The molecule has 5 aromatic carbocycles. The van der Waals surface area contributed by atoms with Crippen molar-refractivity contribution < 1.29 is 25.8 Å². The molecule has 0 saturated carbocycles. The van der Waals surface area contributed by atoms with Crippen molar-refractivity contribution in [2.45, 2.75) is 34.6 Å².